The molecule has 0 amide bonds. The molecule has 3 rings (SSSR count). The first-order chi connectivity index (χ1) is 10.3. The topological polar surface area (TPSA) is 40.6 Å². The summed E-state index contributed by atoms with van der Waals surface area (Å²) in [4.78, 5) is 2.41. The molecule has 0 N–H and O–H groups in total. The number of piperidine rings is 1. The molecular formula is C17H26N2O2S. The van der Waals surface area contributed by atoms with Gasteiger partial charge in [-0.2, -0.15) is 4.31 Å². The zero-order valence-electron chi connectivity index (χ0n) is 13.7. The summed E-state index contributed by atoms with van der Waals surface area (Å²) in [5.41, 5.74) is 1.28. The molecule has 2 saturated heterocycles. The van der Waals surface area contributed by atoms with Gasteiger partial charge in [-0.25, -0.2) is 8.42 Å². The quantitative estimate of drug-likeness (QED) is 0.855. The van der Waals surface area contributed by atoms with E-state index in [9.17, 15) is 8.42 Å². The number of rotatable bonds is 3. The third-order valence-corrected chi connectivity index (χ3v) is 6.81. The molecule has 1 aromatic rings. The van der Waals surface area contributed by atoms with Gasteiger partial charge < -0.3 is 0 Å². The predicted octanol–water partition coefficient (Wildman–Crippen LogP) is 2.07. The second-order valence-corrected chi connectivity index (χ2v) is 8.94. The lowest BCUT2D eigenvalue weighted by Gasteiger charge is -2.47. The number of nitrogens with zero attached hydrogens (tertiary/aromatic N) is 2. The summed E-state index contributed by atoms with van der Waals surface area (Å²) >= 11 is 0. The lowest BCUT2D eigenvalue weighted by atomic mass is 9.69. The zero-order valence-corrected chi connectivity index (χ0v) is 14.5. The Hall–Kier alpha value is -0.910. The van der Waals surface area contributed by atoms with Gasteiger partial charge in [0.05, 0.1) is 6.26 Å². The van der Waals surface area contributed by atoms with Crippen LogP contribution in [0.1, 0.15) is 32.3 Å². The van der Waals surface area contributed by atoms with E-state index in [2.05, 4.69) is 43.0 Å². The first kappa shape index (κ1) is 16.0. The average molecular weight is 322 g/mol. The van der Waals surface area contributed by atoms with Crippen LogP contribution in [0.3, 0.4) is 0 Å². The lowest BCUT2D eigenvalue weighted by molar-refractivity contribution is 0.0923. The van der Waals surface area contributed by atoms with Crippen LogP contribution in [0.15, 0.2) is 30.3 Å². The Morgan fingerprint density at radius 2 is 1.77 bits per heavy atom. The van der Waals surface area contributed by atoms with Crippen molar-refractivity contribution in [2.45, 2.75) is 44.2 Å². The zero-order chi connectivity index (χ0) is 16.0. The van der Waals surface area contributed by atoms with Crippen molar-refractivity contribution < 1.29 is 8.42 Å². The molecule has 0 unspecified atom stereocenters. The summed E-state index contributed by atoms with van der Waals surface area (Å²) < 4.78 is 26.2. The van der Waals surface area contributed by atoms with E-state index in [0.717, 1.165) is 25.9 Å². The number of sulfonamides is 1. The fourth-order valence-corrected chi connectivity index (χ4v) is 5.39. The van der Waals surface area contributed by atoms with E-state index in [1.54, 1.807) is 4.31 Å². The number of fused-ring (bicyclic) bond motifs is 1. The summed E-state index contributed by atoms with van der Waals surface area (Å²) in [7, 11) is -3.16. The Kier molecular flexibility index (Phi) is 4.08. The molecule has 0 spiro atoms. The molecular weight excluding hydrogens is 296 g/mol. The number of benzene rings is 1. The molecule has 1 aromatic carbocycles. The molecule has 2 aliphatic heterocycles. The van der Waals surface area contributed by atoms with E-state index < -0.39 is 10.0 Å². The summed E-state index contributed by atoms with van der Waals surface area (Å²) in [5.74, 6) is 0. The van der Waals surface area contributed by atoms with Crippen molar-refractivity contribution in [1.29, 1.82) is 0 Å². The largest absolute Gasteiger partial charge is 0.299 e. The molecule has 2 heterocycles. The van der Waals surface area contributed by atoms with Gasteiger partial charge in [0.2, 0.25) is 10.0 Å². The predicted molar refractivity (Wildman–Crippen MR) is 89.4 cm³/mol. The van der Waals surface area contributed by atoms with E-state index in [1.807, 2.05) is 6.07 Å². The van der Waals surface area contributed by atoms with Crippen molar-refractivity contribution in [2.75, 3.05) is 25.9 Å². The maximum Gasteiger partial charge on any atom is 0.211 e. The molecule has 0 radical (unpaired) electrons. The average Bonchev–Trinajstić information content (AvgIpc) is 2.87. The van der Waals surface area contributed by atoms with Crippen LogP contribution in [0, 0.1) is 0 Å². The van der Waals surface area contributed by atoms with E-state index in [0.29, 0.717) is 12.6 Å². The molecule has 2 fully saturated rings. The van der Waals surface area contributed by atoms with Crippen molar-refractivity contribution >= 4 is 10.0 Å². The van der Waals surface area contributed by atoms with Crippen LogP contribution >= 0.6 is 0 Å². The molecule has 0 bridgehead atoms. The Morgan fingerprint density at radius 1 is 1.14 bits per heavy atom. The standard InChI is InChI=1S/C17H26N2O2S/c1-14(2)18-11-9-17(15-7-5-4-6-8-15)10-12-19(16(17)13-18)22(3,20)21/h4-8,14,16H,9-13H2,1-3H3/t16-,17+/m0/s1. The Bertz CT molecular complexity index is 629. The second kappa shape index (κ2) is 5.62. The minimum Gasteiger partial charge on any atom is -0.299 e. The maximum absolute atomic E-state index is 12.2. The van der Waals surface area contributed by atoms with Gasteiger partial charge in [0, 0.05) is 30.6 Å². The summed E-state index contributed by atoms with van der Waals surface area (Å²) in [6.45, 7) is 6.90. The van der Waals surface area contributed by atoms with Crippen molar-refractivity contribution in [3.8, 4) is 0 Å². The summed E-state index contributed by atoms with van der Waals surface area (Å²) in [5, 5.41) is 0. The second-order valence-electron chi connectivity index (χ2n) is 7.00. The smallest absolute Gasteiger partial charge is 0.211 e. The van der Waals surface area contributed by atoms with Crippen molar-refractivity contribution in [3.63, 3.8) is 0 Å². The third kappa shape index (κ3) is 2.59. The molecule has 0 aliphatic carbocycles. The molecule has 22 heavy (non-hydrogen) atoms. The van der Waals surface area contributed by atoms with Gasteiger partial charge in [0.1, 0.15) is 0 Å². The molecule has 4 nitrogen and oxygen atoms in total. The van der Waals surface area contributed by atoms with Gasteiger partial charge in [-0.05, 0) is 38.8 Å². The summed E-state index contributed by atoms with van der Waals surface area (Å²) in [6, 6.07) is 11.0. The Morgan fingerprint density at radius 3 is 2.36 bits per heavy atom. The van der Waals surface area contributed by atoms with Gasteiger partial charge in [0.15, 0.2) is 0 Å². The molecule has 0 saturated carbocycles. The Balaban J connectivity index is 2.02. The van der Waals surface area contributed by atoms with Gasteiger partial charge in [-0.15, -0.1) is 0 Å². The van der Waals surface area contributed by atoms with Gasteiger partial charge in [-0.1, -0.05) is 30.3 Å². The van der Waals surface area contributed by atoms with Crippen LogP contribution in [0.2, 0.25) is 0 Å². The maximum atomic E-state index is 12.2. The molecule has 2 aliphatic rings. The van der Waals surface area contributed by atoms with Crippen LogP contribution in [0.25, 0.3) is 0 Å². The highest BCUT2D eigenvalue weighted by atomic mass is 32.2. The highest BCUT2D eigenvalue weighted by molar-refractivity contribution is 7.88. The van der Waals surface area contributed by atoms with Crippen molar-refractivity contribution in [2.24, 2.45) is 0 Å². The molecule has 5 heteroatoms. The van der Waals surface area contributed by atoms with Crippen LogP contribution in [-0.2, 0) is 15.4 Å². The van der Waals surface area contributed by atoms with E-state index >= 15 is 0 Å². The number of likely N-dealkylation sites (tertiary alicyclic amines) is 1. The lowest BCUT2D eigenvalue weighted by Crippen LogP contribution is -2.57. The van der Waals surface area contributed by atoms with Gasteiger partial charge in [-0.3, -0.25) is 4.90 Å². The van der Waals surface area contributed by atoms with Crippen molar-refractivity contribution in [1.82, 2.24) is 9.21 Å². The first-order valence-corrected chi connectivity index (χ1v) is 9.96. The monoisotopic (exact) mass is 322 g/mol. The van der Waals surface area contributed by atoms with E-state index in [1.165, 1.54) is 11.8 Å². The highest BCUT2D eigenvalue weighted by Gasteiger charge is 2.53. The molecule has 0 aromatic heterocycles. The SMILES string of the molecule is CC(C)N1CC[C@]2(c3ccccc3)CCN(S(C)(=O)=O)[C@H]2C1. The first-order valence-electron chi connectivity index (χ1n) is 8.11. The highest BCUT2D eigenvalue weighted by Crippen LogP contribution is 2.46. The van der Waals surface area contributed by atoms with E-state index in [-0.39, 0.29) is 11.5 Å². The summed E-state index contributed by atoms with van der Waals surface area (Å²) in [6.07, 6.45) is 3.31. The fourth-order valence-electron chi connectivity index (χ4n) is 4.24. The minimum atomic E-state index is -3.16. The van der Waals surface area contributed by atoms with Gasteiger partial charge in [0.25, 0.3) is 0 Å². The third-order valence-electron chi connectivity index (χ3n) is 5.52. The van der Waals surface area contributed by atoms with Crippen molar-refractivity contribution in [3.05, 3.63) is 35.9 Å². The Labute approximate surface area is 134 Å². The number of hydrogen-bond acceptors (Lipinski definition) is 3. The number of hydrogen-bond donors (Lipinski definition) is 0. The molecule has 2 atom stereocenters. The van der Waals surface area contributed by atoms with Crippen LogP contribution in [0.4, 0.5) is 0 Å². The van der Waals surface area contributed by atoms with Crippen LogP contribution < -0.4 is 0 Å². The van der Waals surface area contributed by atoms with Crippen LogP contribution in [-0.4, -0.2) is 55.6 Å². The normalized spacial score (nSPS) is 30.6. The van der Waals surface area contributed by atoms with Crippen LogP contribution in [0.5, 0.6) is 0 Å². The van der Waals surface area contributed by atoms with E-state index in [4.69, 9.17) is 0 Å². The minimum absolute atomic E-state index is 0.0181. The van der Waals surface area contributed by atoms with Gasteiger partial charge >= 0.3 is 0 Å². The molecule has 122 valence electrons. The fraction of sp³-hybridized carbons (Fsp3) is 0.647.